The fourth-order valence-corrected chi connectivity index (χ4v) is 4.41. The van der Waals surface area contributed by atoms with Crippen molar-refractivity contribution in [3.05, 3.63) is 63.1 Å². The van der Waals surface area contributed by atoms with E-state index in [1.165, 1.54) is 6.07 Å². The summed E-state index contributed by atoms with van der Waals surface area (Å²) in [6, 6.07) is 9.18. The van der Waals surface area contributed by atoms with E-state index in [2.05, 4.69) is 4.98 Å². The number of H-pyrrole nitrogens is 1. The molecule has 152 valence electrons. The molecule has 1 fully saturated rings. The number of amides is 1. The number of aryl methyl sites for hydroxylation is 1. The van der Waals surface area contributed by atoms with Gasteiger partial charge in [-0.1, -0.05) is 25.0 Å². The maximum absolute atomic E-state index is 13.4. The standard InChI is InChI=1S/C23H26N2O4/c1-29-16-11-9-15(10-12-16)20-7-3-2-4-13-25(20)23(28)18-14-17-19(24-22(18)27)6-5-8-21(17)26/h9-12,14,20H,2-8,13H2,1H3,(H,24,27). The molecule has 2 heterocycles. The Morgan fingerprint density at radius 3 is 2.62 bits per heavy atom. The van der Waals surface area contributed by atoms with Crippen molar-refractivity contribution in [3.8, 4) is 5.75 Å². The van der Waals surface area contributed by atoms with Crippen LogP contribution in [-0.4, -0.2) is 35.2 Å². The molecule has 1 aromatic carbocycles. The van der Waals surface area contributed by atoms with Gasteiger partial charge in [-0.2, -0.15) is 0 Å². The lowest BCUT2D eigenvalue weighted by molar-refractivity contribution is 0.0679. The van der Waals surface area contributed by atoms with Crippen LogP contribution >= 0.6 is 0 Å². The van der Waals surface area contributed by atoms with Crippen molar-refractivity contribution < 1.29 is 14.3 Å². The van der Waals surface area contributed by atoms with Crippen molar-refractivity contribution in [2.24, 2.45) is 0 Å². The number of nitrogens with one attached hydrogen (secondary N) is 1. The number of hydrogen-bond donors (Lipinski definition) is 1. The highest BCUT2D eigenvalue weighted by Gasteiger charge is 2.30. The molecule has 1 unspecified atom stereocenters. The summed E-state index contributed by atoms with van der Waals surface area (Å²) >= 11 is 0. The van der Waals surface area contributed by atoms with Gasteiger partial charge in [0.2, 0.25) is 0 Å². The molecule has 1 N–H and O–H groups in total. The van der Waals surface area contributed by atoms with Crippen LogP contribution in [0.3, 0.4) is 0 Å². The second-order valence-electron chi connectivity index (χ2n) is 7.82. The predicted octanol–water partition coefficient (Wildman–Crippen LogP) is 3.66. The Bertz CT molecular complexity index is 977. The number of rotatable bonds is 3. The summed E-state index contributed by atoms with van der Waals surface area (Å²) in [5, 5.41) is 0. The Labute approximate surface area is 169 Å². The molecule has 0 bridgehead atoms. The minimum Gasteiger partial charge on any atom is -0.497 e. The molecule has 0 saturated carbocycles. The normalized spacial score (nSPS) is 19.4. The van der Waals surface area contributed by atoms with Crippen LogP contribution in [0.15, 0.2) is 35.1 Å². The zero-order chi connectivity index (χ0) is 20.4. The summed E-state index contributed by atoms with van der Waals surface area (Å²) in [6.07, 6.45) is 5.70. The minimum atomic E-state index is -0.402. The van der Waals surface area contributed by atoms with E-state index < -0.39 is 5.56 Å². The monoisotopic (exact) mass is 394 g/mol. The van der Waals surface area contributed by atoms with Gasteiger partial charge in [0.25, 0.3) is 11.5 Å². The highest BCUT2D eigenvalue weighted by molar-refractivity contribution is 6.01. The van der Waals surface area contributed by atoms with Crippen molar-refractivity contribution >= 4 is 11.7 Å². The van der Waals surface area contributed by atoms with Crippen molar-refractivity contribution in [1.29, 1.82) is 0 Å². The molecule has 29 heavy (non-hydrogen) atoms. The first kappa shape index (κ1) is 19.4. The third kappa shape index (κ3) is 3.84. The maximum atomic E-state index is 13.4. The number of fused-ring (bicyclic) bond motifs is 1. The summed E-state index contributed by atoms with van der Waals surface area (Å²) in [7, 11) is 1.63. The van der Waals surface area contributed by atoms with Gasteiger partial charge in [0.15, 0.2) is 5.78 Å². The first-order valence-corrected chi connectivity index (χ1v) is 10.3. The van der Waals surface area contributed by atoms with Gasteiger partial charge >= 0.3 is 0 Å². The highest BCUT2D eigenvalue weighted by Crippen LogP contribution is 2.32. The Hall–Kier alpha value is -2.89. The number of Topliss-reactive ketones (excluding diaryl/α,β-unsaturated/α-hetero) is 1. The summed E-state index contributed by atoms with van der Waals surface area (Å²) in [5.74, 6) is 0.471. The largest absolute Gasteiger partial charge is 0.497 e. The molecule has 0 spiro atoms. The Balaban J connectivity index is 1.70. The SMILES string of the molecule is COc1ccc(C2CCCCCN2C(=O)c2cc3c([nH]c2=O)CCCC3=O)cc1. The zero-order valence-corrected chi connectivity index (χ0v) is 16.7. The van der Waals surface area contributed by atoms with Gasteiger partial charge in [-0.15, -0.1) is 0 Å². The van der Waals surface area contributed by atoms with E-state index in [0.717, 1.165) is 43.4 Å². The highest BCUT2D eigenvalue weighted by atomic mass is 16.5. The van der Waals surface area contributed by atoms with Crippen molar-refractivity contribution in [1.82, 2.24) is 9.88 Å². The number of methoxy groups -OCH3 is 1. The number of ketones is 1. The number of hydrogen-bond acceptors (Lipinski definition) is 4. The van der Waals surface area contributed by atoms with Crippen molar-refractivity contribution in [2.45, 2.75) is 51.0 Å². The number of ether oxygens (including phenoxy) is 1. The van der Waals surface area contributed by atoms with Gasteiger partial charge in [-0.25, -0.2) is 0 Å². The van der Waals surface area contributed by atoms with Crippen LogP contribution in [0.4, 0.5) is 0 Å². The van der Waals surface area contributed by atoms with Gasteiger partial charge in [-0.3, -0.25) is 14.4 Å². The Kier molecular flexibility index (Phi) is 5.51. The van der Waals surface area contributed by atoms with Gasteiger partial charge in [-0.05, 0) is 49.4 Å². The third-order valence-electron chi connectivity index (χ3n) is 6.00. The molecule has 0 radical (unpaired) electrons. The van der Waals surface area contributed by atoms with Crippen molar-refractivity contribution in [3.63, 3.8) is 0 Å². The summed E-state index contributed by atoms with van der Waals surface area (Å²) in [5.41, 5.74) is 1.85. The molecule has 6 heteroatoms. The first-order valence-electron chi connectivity index (χ1n) is 10.3. The number of aromatic amines is 1. The molecule has 1 saturated heterocycles. The van der Waals surface area contributed by atoms with Crippen molar-refractivity contribution in [2.75, 3.05) is 13.7 Å². The van der Waals surface area contributed by atoms with E-state index in [4.69, 9.17) is 4.74 Å². The molecule has 2 aliphatic rings. The molecule has 4 rings (SSSR count). The zero-order valence-electron chi connectivity index (χ0n) is 16.7. The molecule has 2 aromatic rings. The molecule has 1 aliphatic carbocycles. The van der Waals surface area contributed by atoms with E-state index in [0.29, 0.717) is 30.6 Å². The average molecular weight is 394 g/mol. The molecule has 1 atom stereocenters. The second-order valence-corrected chi connectivity index (χ2v) is 7.82. The van der Waals surface area contributed by atoms with E-state index >= 15 is 0 Å². The number of nitrogens with zero attached hydrogens (tertiary/aromatic N) is 1. The number of likely N-dealkylation sites (tertiary alicyclic amines) is 1. The fourth-order valence-electron chi connectivity index (χ4n) is 4.41. The van der Waals surface area contributed by atoms with E-state index in [1.54, 1.807) is 12.0 Å². The number of benzene rings is 1. The number of pyridine rings is 1. The Morgan fingerprint density at radius 2 is 1.86 bits per heavy atom. The van der Waals surface area contributed by atoms with Crippen LogP contribution in [0.5, 0.6) is 5.75 Å². The van der Waals surface area contributed by atoms with Crippen LogP contribution in [-0.2, 0) is 6.42 Å². The molecule has 6 nitrogen and oxygen atoms in total. The molecular weight excluding hydrogens is 368 g/mol. The minimum absolute atomic E-state index is 0.000814. The van der Waals surface area contributed by atoms with Crippen LogP contribution in [0.25, 0.3) is 0 Å². The topological polar surface area (TPSA) is 79.5 Å². The quantitative estimate of drug-likeness (QED) is 0.862. The van der Waals surface area contributed by atoms with Gasteiger partial charge in [0, 0.05) is 24.2 Å². The van der Waals surface area contributed by atoms with Crippen LogP contribution in [0.2, 0.25) is 0 Å². The van der Waals surface area contributed by atoms with E-state index in [1.807, 2.05) is 24.3 Å². The predicted molar refractivity (Wildman–Crippen MR) is 110 cm³/mol. The summed E-state index contributed by atoms with van der Waals surface area (Å²) < 4.78 is 5.25. The van der Waals surface area contributed by atoms with Gasteiger partial charge in [0.05, 0.1) is 13.2 Å². The maximum Gasteiger partial charge on any atom is 0.261 e. The lowest BCUT2D eigenvalue weighted by atomic mass is 9.93. The molecule has 1 aliphatic heterocycles. The number of carbonyl (C=O) groups excluding carboxylic acids is 2. The van der Waals surface area contributed by atoms with Gasteiger partial charge < -0.3 is 14.6 Å². The summed E-state index contributed by atoms with van der Waals surface area (Å²) in [6.45, 7) is 0.597. The number of carbonyl (C=O) groups is 2. The molecule has 1 aromatic heterocycles. The smallest absolute Gasteiger partial charge is 0.261 e. The third-order valence-corrected chi connectivity index (χ3v) is 6.00. The van der Waals surface area contributed by atoms with Crippen LogP contribution < -0.4 is 10.3 Å². The van der Waals surface area contributed by atoms with E-state index in [9.17, 15) is 14.4 Å². The molecule has 1 amide bonds. The molecular formula is C23H26N2O4. The average Bonchev–Trinajstić information content (AvgIpc) is 2.99. The van der Waals surface area contributed by atoms with Crippen LogP contribution in [0, 0.1) is 0 Å². The summed E-state index contributed by atoms with van der Waals surface area (Å²) in [4.78, 5) is 43.0. The second kappa shape index (κ2) is 8.23. The van der Waals surface area contributed by atoms with E-state index in [-0.39, 0.29) is 23.3 Å². The lowest BCUT2D eigenvalue weighted by Gasteiger charge is -2.30. The Morgan fingerprint density at radius 1 is 1.07 bits per heavy atom. The van der Waals surface area contributed by atoms with Gasteiger partial charge in [0.1, 0.15) is 11.3 Å². The van der Waals surface area contributed by atoms with Crippen LogP contribution in [0.1, 0.15) is 76.5 Å². The number of aromatic nitrogens is 1. The lowest BCUT2D eigenvalue weighted by Crippen LogP contribution is -2.38. The fraction of sp³-hybridized carbons (Fsp3) is 0.435. The first-order chi connectivity index (χ1) is 14.1.